The average Bonchev–Trinajstić information content (AvgIpc) is 1.77. The van der Waals surface area contributed by atoms with E-state index in [2.05, 4.69) is 15.9 Å². The summed E-state index contributed by atoms with van der Waals surface area (Å²) in [5.41, 5.74) is 0. The van der Waals surface area contributed by atoms with Crippen LogP contribution in [0.3, 0.4) is 0 Å². The average molecular weight is 213 g/mol. The second kappa shape index (κ2) is 4.88. The monoisotopic (exact) mass is 212 g/mol. The zero-order valence-corrected chi connectivity index (χ0v) is 9.84. The molecule has 0 aliphatic rings. The second-order valence-corrected chi connectivity index (χ2v) is 2.31. The van der Waals surface area contributed by atoms with Gasteiger partial charge in [0.25, 0.3) is 0 Å². The number of phenolic OH excluding ortho intramolecular Hbond substituents is 1. The molecule has 1 aromatic rings. The van der Waals surface area contributed by atoms with Crippen LogP contribution >= 0.6 is 15.9 Å². The van der Waals surface area contributed by atoms with Crippen LogP contribution in [0.25, 0.3) is 0 Å². The molecule has 0 heterocycles. The zero-order valence-electron chi connectivity index (χ0n) is 6.13. The van der Waals surface area contributed by atoms with E-state index < -0.39 is 0 Å². The fraction of sp³-hybridized carbons (Fsp3) is 0. The van der Waals surface area contributed by atoms with E-state index in [0.717, 1.165) is 4.47 Å². The zero-order chi connectivity index (χ0) is 5.98. The van der Waals surface area contributed by atoms with E-state index >= 15 is 0 Å². The van der Waals surface area contributed by atoms with Crippen molar-refractivity contribution in [3.05, 3.63) is 28.7 Å². The number of phenols is 1. The van der Waals surface area contributed by atoms with Crippen LogP contribution in [0.5, 0.6) is 5.75 Å². The Balaban J connectivity index is 0. The van der Waals surface area contributed by atoms with E-state index in [1.54, 1.807) is 18.2 Å². The van der Waals surface area contributed by atoms with Gasteiger partial charge in [0.1, 0.15) is 5.75 Å². The molecule has 0 aliphatic heterocycles. The third-order valence-corrected chi connectivity index (χ3v) is 1.52. The summed E-state index contributed by atoms with van der Waals surface area (Å²) in [5.74, 6) is 0.285. The molecule has 9 heavy (non-hydrogen) atoms. The molecule has 0 unspecified atom stereocenters. The van der Waals surface area contributed by atoms with Gasteiger partial charge in [-0.3, -0.25) is 0 Å². The first-order chi connectivity index (χ1) is 3.80. The van der Waals surface area contributed by atoms with Crippen LogP contribution in [-0.4, -0.2) is 5.11 Å². The van der Waals surface area contributed by atoms with Crippen LogP contribution in [0, 0.1) is 0 Å². The largest absolute Gasteiger partial charge is 1.00 e. The van der Waals surface area contributed by atoms with Gasteiger partial charge in [0.05, 0.1) is 4.47 Å². The Hall–Kier alpha value is 1.14. The number of para-hydroxylation sites is 1. The summed E-state index contributed by atoms with van der Waals surface area (Å²) in [7, 11) is 0. The Morgan fingerprint density at radius 2 is 1.89 bits per heavy atom. The molecule has 0 saturated heterocycles. The van der Waals surface area contributed by atoms with E-state index in [-0.39, 0.29) is 58.6 Å². The molecule has 0 radical (unpaired) electrons. The number of halogens is 1. The molecule has 0 fully saturated rings. The molecule has 0 bridgehead atoms. The summed E-state index contributed by atoms with van der Waals surface area (Å²) >= 11 is 3.15. The van der Waals surface area contributed by atoms with Crippen LogP contribution in [0.15, 0.2) is 28.7 Å². The minimum atomic E-state index is 0. The van der Waals surface area contributed by atoms with E-state index in [1.807, 2.05) is 6.07 Å². The van der Waals surface area contributed by atoms with Crippen molar-refractivity contribution in [1.29, 1.82) is 0 Å². The molecule has 0 aromatic heterocycles. The Morgan fingerprint density at radius 3 is 2.22 bits per heavy atom. The molecule has 1 nitrogen and oxygen atoms in total. The Bertz CT molecular complexity index is 174. The van der Waals surface area contributed by atoms with Crippen molar-refractivity contribution in [2.75, 3.05) is 0 Å². The molecule has 1 N–H and O–H groups in total. The van der Waals surface area contributed by atoms with Gasteiger partial charge in [-0.25, -0.2) is 0 Å². The molecular weight excluding hydrogens is 207 g/mol. The summed E-state index contributed by atoms with van der Waals surface area (Å²) in [5, 5.41) is 8.87. The van der Waals surface area contributed by atoms with Crippen LogP contribution in [0.2, 0.25) is 0 Å². The van der Waals surface area contributed by atoms with E-state index in [1.165, 1.54) is 0 Å². The number of hydrogen-bond donors (Lipinski definition) is 1. The Kier molecular flexibility index (Phi) is 5.49. The molecule has 0 saturated carbocycles. The summed E-state index contributed by atoms with van der Waals surface area (Å²) in [6.07, 6.45) is 0. The summed E-state index contributed by atoms with van der Waals surface area (Å²) < 4.78 is 0.736. The molecule has 1 rings (SSSR count). The van der Waals surface area contributed by atoms with Gasteiger partial charge in [-0.15, -0.1) is 0 Å². The molecule has 0 spiro atoms. The minimum Gasteiger partial charge on any atom is -1.00 e. The van der Waals surface area contributed by atoms with Gasteiger partial charge in [0.2, 0.25) is 0 Å². The van der Waals surface area contributed by atoms with E-state index in [4.69, 9.17) is 5.11 Å². The van der Waals surface area contributed by atoms with Gasteiger partial charge in [-0.1, -0.05) is 12.1 Å². The maximum Gasteiger partial charge on any atom is 1.00 e. The summed E-state index contributed by atoms with van der Waals surface area (Å²) in [4.78, 5) is 0. The standard InChI is InChI=1S/C6H5BrO.K.H/c7-5-3-1-2-4-6(5)8;;/h1-4,8H;;/q;+1;-1. The smallest absolute Gasteiger partial charge is 1.00 e. The van der Waals surface area contributed by atoms with Crippen LogP contribution in [0.4, 0.5) is 0 Å². The predicted molar refractivity (Wildman–Crippen MR) is 36.9 cm³/mol. The first-order valence-electron chi connectivity index (χ1n) is 2.24. The number of hydrogen-bond acceptors (Lipinski definition) is 1. The van der Waals surface area contributed by atoms with Crippen LogP contribution in [-0.2, 0) is 0 Å². The van der Waals surface area contributed by atoms with Gasteiger partial charge in [0.15, 0.2) is 0 Å². The van der Waals surface area contributed by atoms with Crippen molar-refractivity contribution in [3.63, 3.8) is 0 Å². The Labute approximate surface area is 107 Å². The van der Waals surface area contributed by atoms with Gasteiger partial charge >= 0.3 is 51.4 Å². The molecule has 1 aromatic carbocycles. The molecular formula is C6H6BrKO. The summed E-state index contributed by atoms with van der Waals surface area (Å²) in [6.45, 7) is 0. The maximum absolute atomic E-state index is 8.87. The van der Waals surface area contributed by atoms with Gasteiger partial charge in [0, 0.05) is 0 Å². The minimum absolute atomic E-state index is 0. The number of aromatic hydroxyl groups is 1. The quantitative estimate of drug-likeness (QED) is 0.563. The van der Waals surface area contributed by atoms with Crippen molar-refractivity contribution < 1.29 is 57.9 Å². The molecule has 0 aliphatic carbocycles. The topological polar surface area (TPSA) is 20.2 Å². The van der Waals surface area contributed by atoms with Gasteiger partial charge < -0.3 is 6.53 Å². The van der Waals surface area contributed by atoms with Crippen LogP contribution in [0.1, 0.15) is 1.43 Å². The van der Waals surface area contributed by atoms with Gasteiger partial charge in [-0.2, -0.15) is 0 Å². The third kappa shape index (κ3) is 3.16. The SMILES string of the molecule is Oc1ccccc1Br.[H-].[K+]. The van der Waals surface area contributed by atoms with Gasteiger partial charge in [-0.05, 0) is 28.1 Å². The maximum atomic E-state index is 8.87. The first kappa shape index (κ1) is 10.1. The summed E-state index contributed by atoms with van der Waals surface area (Å²) in [6, 6.07) is 7.04. The van der Waals surface area contributed by atoms with Crippen molar-refractivity contribution in [1.82, 2.24) is 0 Å². The number of benzene rings is 1. The normalized spacial score (nSPS) is 8.11. The molecule has 0 atom stereocenters. The molecule has 3 heteroatoms. The van der Waals surface area contributed by atoms with E-state index in [0.29, 0.717) is 0 Å². The predicted octanol–water partition coefficient (Wildman–Crippen LogP) is -0.729. The van der Waals surface area contributed by atoms with E-state index in [9.17, 15) is 0 Å². The molecule has 0 amide bonds. The van der Waals surface area contributed by atoms with Crippen molar-refractivity contribution >= 4 is 15.9 Å². The first-order valence-corrected chi connectivity index (χ1v) is 3.03. The Morgan fingerprint density at radius 1 is 1.33 bits per heavy atom. The number of rotatable bonds is 0. The van der Waals surface area contributed by atoms with Crippen molar-refractivity contribution in [3.8, 4) is 5.75 Å². The third-order valence-electron chi connectivity index (χ3n) is 0.852. The van der Waals surface area contributed by atoms with Crippen molar-refractivity contribution in [2.45, 2.75) is 0 Å². The molecule has 44 valence electrons. The van der Waals surface area contributed by atoms with Crippen LogP contribution < -0.4 is 51.4 Å². The fourth-order valence-electron chi connectivity index (χ4n) is 0.452. The fourth-order valence-corrected chi connectivity index (χ4v) is 0.737. The van der Waals surface area contributed by atoms with Crippen molar-refractivity contribution in [2.24, 2.45) is 0 Å². The second-order valence-electron chi connectivity index (χ2n) is 1.45.